The first-order valence-corrected chi connectivity index (χ1v) is 8.99. The molecule has 4 rings (SSSR count). The molecule has 0 aliphatic rings. The van der Waals surface area contributed by atoms with Crippen LogP contribution in [0, 0.1) is 0 Å². The van der Waals surface area contributed by atoms with E-state index in [1.165, 1.54) is 0 Å². The fourth-order valence-corrected chi connectivity index (χ4v) is 3.36. The van der Waals surface area contributed by atoms with Crippen LogP contribution in [0.2, 0.25) is 0 Å². The van der Waals surface area contributed by atoms with Crippen molar-refractivity contribution in [2.24, 2.45) is 10.2 Å². The summed E-state index contributed by atoms with van der Waals surface area (Å²) in [6, 6.07) is 24.1. The van der Waals surface area contributed by atoms with Gasteiger partial charge in [-0.05, 0) is 35.0 Å². The molecule has 28 heavy (non-hydrogen) atoms. The van der Waals surface area contributed by atoms with Gasteiger partial charge in [0.2, 0.25) is 0 Å². The fourth-order valence-electron chi connectivity index (χ4n) is 3.36. The summed E-state index contributed by atoms with van der Waals surface area (Å²) in [6.45, 7) is 0. The standard InChI is InChI=1S/C24H20N2O2/c1-27-23-13-11-17(19-7-3-5-9-21(19)23)15-25-26-16-18-12-14-24(28-2)22-10-6-4-8-20(18)22/h3-16H,1-2H3/b25-15+,26-16+. The Morgan fingerprint density at radius 1 is 0.536 bits per heavy atom. The van der Waals surface area contributed by atoms with E-state index in [-0.39, 0.29) is 0 Å². The first kappa shape index (κ1) is 17.7. The van der Waals surface area contributed by atoms with Crippen molar-refractivity contribution >= 4 is 34.0 Å². The predicted octanol–water partition coefficient (Wildman–Crippen LogP) is 5.46. The molecular formula is C24H20N2O2. The Morgan fingerprint density at radius 2 is 0.929 bits per heavy atom. The lowest BCUT2D eigenvalue weighted by atomic mass is 10.0. The van der Waals surface area contributed by atoms with Gasteiger partial charge in [-0.15, -0.1) is 0 Å². The van der Waals surface area contributed by atoms with Gasteiger partial charge in [-0.1, -0.05) is 48.5 Å². The molecule has 0 amide bonds. The Bertz CT molecular complexity index is 1100. The second-order valence-electron chi connectivity index (χ2n) is 6.29. The molecule has 0 saturated heterocycles. The van der Waals surface area contributed by atoms with Gasteiger partial charge in [0, 0.05) is 21.9 Å². The Labute approximate surface area is 163 Å². The summed E-state index contributed by atoms with van der Waals surface area (Å²) in [7, 11) is 3.36. The van der Waals surface area contributed by atoms with Crippen LogP contribution in [0.25, 0.3) is 21.5 Å². The van der Waals surface area contributed by atoms with Gasteiger partial charge < -0.3 is 9.47 Å². The maximum absolute atomic E-state index is 5.44. The molecule has 0 N–H and O–H groups in total. The number of nitrogens with zero attached hydrogens (tertiary/aromatic N) is 2. The molecule has 0 bridgehead atoms. The largest absolute Gasteiger partial charge is 0.496 e. The molecule has 138 valence electrons. The Hall–Kier alpha value is -3.66. The molecule has 0 aliphatic carbocycles. The number of ether oxygens (including phenoxy) is 2. The number of fused-ring (bicyclic) bond motifs is 2. The van der Waals surface area contributed by atoms with Crippen LogP contribution in [0.4, 0.5) is 0 Å². The topological polar surface area (TPSA) is 43.2 Å². The Kier molecular flexibility index (Phi) is 5.02. The summed E-state index contributed by atoms with van der Waals surface area (Å²) in [6.07, 6.45) is 3.54. The van der Waals surface area contributed by atoms with E-state index in [1.54, 1.807) is 26.6 Å². The average Bonchev–Trinajstić information content (AvgIpc) is 2.76. The van der Waals surface area contributed by atoms with Crippen LogP contribution < -0.4 is 9.47 Å². The smallest absolute Gasteiger partial charge is 0.126 e. The van der Waals surface area contributed by atoms with Crippen molar-refractivity contribution < 1.29 is 9.47 Å². The van der Waals surface area contributed by atoms with Gasteiger partial charge in [0.15, 0.2) is 0 Å². The molecule has 0 saturated carbocycles. The molecule has 0 fully saturated rings. The molecule has 0 aliphatic heterocycles. The molecule has 0 unspecified atom stereocenters. The minimum Gasteiger partial charge on any atom is -0.496 e. The van der Waals surface area contributed by atoms with E-state index < -0.39 is 0 Å². The quantitative estimate of drug-likeness (QED) is 0.347. The van der Waals surface area contributed by atoms with E-state index in [9.17, 15) is 0 Å². The number of hydrogen-bond acceptors (Lipinski definition) is 4. The average molecular weight is 368 g/mol. The summed E-state index contributed by atoms with van der Waals surface area (Å²) in [5.74, 6) is 1.70. The highest BCUT2D eigenvalue weighted by molar-refractivity contribution is 6.04. The second-order valence-corrected chi connectivity index (χ2v) is 6.29. The zero-order valence-corrected chi connectivity index (χ0v) is 15.8. The maximum Gasteiger partial charge on any atom is 0.126 e. The van der Waals surface area contributed by atoms with E-state index in [0.717, 1.165) is 44.2 Å². The van der Waals surface area contributed by atoms with E-state index >= 15 is 0 Å². The third-order valence-corrected chi connectivity index (χ3v) is 4.74. The summed E-state index contributed by atoms with van der Waals surface area (Å²) >= 11 is 0. The molecule has 0 atom stereocenters. The van der Waals surface area contributed by atoms with E-state index in [2.05, 4.69) is 22.3 Å². The number of methoxy groups -OCH3 is 2. The fraction of sp³-hybridized carbons (Fsp3) is 0.0833. The van der Waals surface area contributed by atoms with Gasteiger partial charge in [-0.3, -0.25) is 0 Å². The van der Waals surface area contributed by atoms with Gasteiger partial charge in [0.25, 0.3) is 0 Å². The lowest BCUT2D eigenvalue weighted by Gasteiger charge is -2.07. The molecule has 4 aromatic rings. The van der Waals surface area contributed by atoms with Crippen LogP contribution in [0.15, 0.2) is 83.0 Å². The SMILES string of the molecule is COc1ccc(/C=N/N=C/c2ccc(OC)c3ccccc23)c2ccccc12. The summed E-state index contributed by atoms with van der Waals surface area (Å²) in [5.41, 5.74) is 1.99. The molecule has 0 heterocycles. The van der Waals surface area contributed by atoms with Gasteiger partial charge in [0.1, 0.15) is 11.5 Å². The van der Waals surface area contributed by atoms with Crippen molar-refractivity contribution in [2.75, 3.05) is 14.2 Å². The Morgan fingerprint density at radius 3 is 1.32 bits per heavy atom. The summed E-state index contributed by atoms with van der Waals surface area (Å²) in [4.78, 5) is 0. The molecule has 0 aromatic heterocycles. The highest BCUT2D eigenvalue weighted by Crippen LogP contribution is 2.28. The zero-order chi connectivity index (χ0) is 19.3. The van der Waals surface area contributed by atoms with Crippen molar-refractivity contribution in [1.29, 1.82) is 0 Å². The summed E-state index contributed by atoms with van der Waals surface area (Å²) in [5, 5.41) is 12.8. The minimum atomic E-state index is 0.848. The maximum atomic E-state index is 5.44. The first-order valence-electron chi connectivity index (χ1n) is 8.99. The highest BCUT2D eigenvalue weighted by atomic mass is 16.5. The number of hydrogen-bond donors (Lipinski definition) is 0. The normalized spacial score (nSPS) is 11.6. The van der Waals surface area contributed by atoms with Crippen LogP contribution in [-0.4, -0.2) is 26.6 Å². The first-order chi connectivity index (χ1) is 13.8. The molecule has 4 heteroatoms. The molecule has 4 nitrogen and oxygen atoms in total. The van der Waals surface area contributed by atoms with Crippen molar-refractivity contribution in [2.45, 2.75) is 0 Å². The summed E-state index contributed by atoms with van der Waals surface area (Å²) < 4.78 is 10.9. The van der Waals surface area contributed by atoms with Crippen LogP contribution >= 0.6 is 0 Å². The van der Waals surface area contributed by atoms with Crippen LogP contribution in [0.3, 0.4) is 0 Å². The third kappa shape index (κ3) is 3.32. The third-order valence-electron chi connectivity index (χ3n) is 4.74. The Balaban J connectivity index is 1.66. The predicted molar refractivity (Wildman–Crippen MR) is 116 cm³/mol. The van der Waals surface area contributed by atoms with E-state index in [1.807, 2.05) is 60.7 Å². The van der Waals surface area contributed by atoms with Crippen LogP contribution in [0.1, 0.15) is 11.1 Å². The van der Waals surface area contributed by atoms with E-state index in [4.69, 9.17) is 9.47 Å². The van der Waals surface area contributed by atoms with Crippen molar-refractivity contribution in [1.82, 2.24) is 0 Å². The van der Waals surface area contributed by atoms with Crippen molar-refractivity contribution in [3.63, 3.8) is 0 Å². The molecule has 0 radical (unpaired) electrons. The van der Waals surface area contributed by atoms with Crippen molar-refractivity contribution in [3.05, 3.63) is 83.9 Å². The van der Waals surface area contributed by atoms with Crippen molar-refractivity contribution in [3.8, 4) is 11.5 Å². The lowest BCUT2D eigenvalue weighted by Crippen LogP contribution is -1.90. The monoisotopic (exact) mass is 368 g/mol. The van der Waals surface area contributed by atoms with Gasteiger partial charge in [-0.25, -0.2) is 0 Å². The molecule has 4 aromatic carbocycles. The molecule has 0 spiro atoms. The van der Waals surface area contributed by atoms with Gasteiger partial charge in [0.05, 0.1) is 26.6 Å². The second kappa shape index (κ2) is 7.92. The van der Waals surface area contributed by atoms with Gasteiger partial charge >= 0.3 is 0 Å². The van der Waals surface area contributed by atoms with Crippen LogP contribution in [-0.2, 0) is 0 Å². The number of benzene rings is 4. The molecular weight excluding hydrogens is 348 g/mol. The zero-order valence-electron chi connectivity index (χ0n) is 15.8. The number of rotatable bonds is 5. The highest BCUT2D eigenvalue weighted by Gasteiger charge is 2.05. The minimum absolute atomic E-state index is 0.848. The van der Waals surface area contributed by atoms with E-state index in [0.29, 0.717) is 0 Å². The van der Waals surface area contributed by atoms with Crippen LogP contribution in [0.5, 0.6) is 11.5 Å². The lowest BCUT2D eigenvalue weighted by molar-refractivity contribution is 0.419. The van der Waals surface area contributed by atoms with Gasteiger partial charge in [-0.2, -0.15) is 10.2 Å².